The average Bonchev–Trinajstić information content (AvgIpc) is 4.47. The molecule has 0 aromatic heterocycles. The van der Waals surface area contributed by atoms with Gasteiger partial charge in [-0.05, 0) is 253 Å². The Morgan fingerprint density at radius 3 is 0.735 bits per heavy atom. The Bertz CT molecular complexity index is 2030. The third kappa shape index (κ3) is 21.3. The van der Waals surface area contributed by atoms with E-state index in [1.165, 1.54) is 238 Å². The lowest BCUT2D eigenvalue weighted by molar-refractivity contribution is 0.184. The predicted molar refractivity (Wildman–Crippen MR) is 369 cm³/mol. The molecule has 0 amide bonds. The predicted octanol–water partition coefficient (Wildman–Crippen LogP) is 26.5. The molecule has 0 bridgehead atoms. The van der Waals surface area contributed by atoms with E-state index >= 15 is 0 Å². The molecule has 8 unspecified atom stereocenters. The van der Waals surface area contributed by atoms with Crippen molar-refractivity contribution in [2.24, 2.45) is 104 Å². The lowest BCUT2D eigenvalue weighted by atomic mass is 9.66. The maximum absolute atomic E-state index is 2.63. The summed E-state index contributed by atoms with van der Waals surface area (Å²) in [4.78, 5) is 0. The Morgan fingerprint density at radius 2 is 0.470 bits per heavy atom. The van der Waals surface area contributed by atoms with Gasteiger partial charge in [-0.25, -0.2) is 0 Å². The minimum Gasteiger partial charge on any atom is -0.0877 e. The van der Waals surface area contributed by atoms with Gasteiger partial charge in [-0.3, -0.25) is 0 Å². The maximum atomic E-state index is 2.63. The van der Waals surface area contributed by atoms with Crippen LogP contribution in [0.5, 0.6) is 0 Å². The Morgan fingerprint density at radius 1 is 0.217 bits per heavy atom. The fourth-order valence-corrected chi connectivity index (χ4v) is 17.4. The minimum absolute atomic E-state index is 0.446. The Kier molecular flexibility index (Phi) is 27.2. The van der Waals surface area contributed by atoms with Crippen LogP contribution in [0, 0.1) is 104 Å². The molecular formula is C83H138. The van der Waals surface area contributed by atoms with Crippen LogP contribution in [0.1, 0.15) is 321 Å². The minimum atomic E-state index is 0.446. The summed E-state index contributed by atoms with van der Waals surface area (Å²) in [5, 5.41) is 0. The van der Waals surface area contributed by atoms with Gasteiger partial charge in [0.15, 0.2) is 0 Å². The summed E-state index contributed by atoms with van der Waals surface area (Å²) >= 11 is 0. The first-order chi connectivity index (χ1) is 39.8. The van der Waals surface area contributed by atoms with Crippen LogP contribution >= 0.6 is 0 Å². The van der Waals surface area contributed by atoms with Crippen molar-refractivity contribution in [1.82, 2.24) is 0 Å². The zero-order chi connectivity index (χ0) is 59.4. The second kappa shape index (κ2) is 32.9. The fourth-order valence-electron chi connectivity index (χ4n) is 17.4. The number of allylic oxidation sites excluding steroid dienone is 16. The molecule has 0 heteroatoms. The molecule has 0 nitrogen and oxygen atoms in total. The van der Waals surface area contributed by atoms with Gasteiger partial charge in [-0.1, -0.05) is 257 Å². The van der Waals surface area contributed by atoms with Crippen LogP contribution < -0.4 is 0 Å². The SMILES string of the molecule is CC(C)C1C=CC2(C=CCC2)CCC1.CC(C)C1C=CC2(C=CCCC2)CCC1.CC(C)C1C=CC2(CCC1)CC2.CC(C)C1C=CC2(CCC1)CCC2.CC(C)C1C=CC2(CCC1)CCC2.CC(C)C1C=CC2(CCCCCC2)CCC1. The monoisotopic (exact) mass is 1140 g/mol. The summed E-state index contributed by atoms with van der Waals surface area (Å²) in [6.07, 6.45) is 93.1. The van der Waals surface area contributed by atoms with Crippen molar-refractivity contribution in [2.45, 2.75) is 321 Å². The molecule has 4 fully saturated rings. The zero-order valence-electron chi connectivity index (χ0n) is 57.3. The fraction of sp³-hybridized carbons (Fsp3) is 0.807. The third-order valence-electron chi connectivity index (χ3n) is 24.9. The van der Waals surface area contributed by atoms with Crippen LogP contribution in [0.2, 0.25) is 0 Å². The van der Waals surface area contributed by atoms with Gasteiger partial charge >= 0.3 is 0 Å². The standard InChI is InChI=1S/C16H28.C15H24.C14H22.2C13H22.C12H20/c1-14(2)15-8-7-12-16(13-9-15)10-5-3-4-6-11-16;1-13(2)14-7-6-11-15(12-8-14)9-4-3-5-10-15;1-12(2)13-6-5-10-14(11-7-13)8-3-4-9-14;2*1-11(2)12-5-3-7-13(10-6-12)8-4-9-13;1-10(2)11-4-3-6-12(7-5-11)8-9-12/h9,13-15H,3-8,10-12H2,1-2H3;4,8-9,12-14H,3,5-7,10-11H2,1-2H3;3,7-8,11-13H,4-6,9-10H2,1-2H3;2*6,10-12H,3-5,7-9H2,1-2H3;5,7,10-11H,3-4,6,8-9H2,1-2H3. The van der Waals surface area contributed by atoms with Gasteiger partial charge in [-0.15, -0.1) is 0 Å². The first kappa shape index (κ1) is 68.4. The van der Waals surface area contributed by atoms with Crippen LogP contribution in [0.15, 0.2) is 97.2 Å². The summed E-state index contributed by atoms with van der Waals surface area (Å²) in [6, 6.07) is 0. The molecular weight excluding hydrogens is 997 g/mol. The maximum Gasteiger partial charge on any atom is 0.00640 e. The molecule has 12 aliphatic carbocycles. The van der Waals surface area contributed by atoms with Crippen molar-refractivity contribution in [2.75, 3.05) is 0 Å². The Balaban J connectivity index is 0.000000143. The molecule has 0 radical (unpaired) electrons. The molecule has 12 rings (SSSR count). The largest absolute Gasteiger partial charge is 0.0877 e. The molecule has 0 aromatic carbocycles. The molecule has 0 aliphatic heterocycles. The van der Waals surface area contributed by atoms with E-state index < -0.39 is 0 Å². The van der Waals surface area contributed by atoms with Crippen molar-refractivity contribution in [3.8, 4) is 0 Å². The second-order valence-electron chi connectivity index (χ2n) is 33.2. The van der Waals surface area contributed by atoms with Crippen molar-refractivity contribution in [3.05, 3.63) is 97.2 Å². The van der Waals surface area contributed by atoms with Gasteiger partial charge in [0.2, 0.25) is 0 Å². The molecule has 83 heavy (non-hydrogen) atoms. The van der Waals surface area contributed by atoms with Gasteiger partial charge < -0.3 is 0 Å². The zero-order valence-corrected chi connectivity index (χ0v) is 57.3. The topological polar surface area (TPSA) is 0 Å². The summed E-state index contributed by atoms with van der Waals surface area (Å²) in [5.74, 6) is 10.1. The lowest BCUT2D eigenvalue weighted by Gasteiger charge is -2.39. The van der Waals surface area contributed by atoms with E-state index in [1.807, 2.05) is 0 Å². The van der Waals surface area contributed by atoms with E-state index in [2.05, 4.69) is 180 Å². The van der Waals surface area contributed by atoms with Crippen LogP contribution in [-0.2, 0) is 0 Å². The van der Waals surface area contributed by atoms with Crippen LogP contribution in [-0.4, -0.2) is 0 Å². The molecule has 0 heterocycles. The van der Waals surface area contributed by atoms with Crippen LogP contribution in [0.3, 0.4) is 0 Å². The van der Waals surface area contributed by atoms with E-state index in [0.717, 1.165) is 71.0 Å². The van der Waals surface area contributed by atoms with Gasteiger partial charge in [0.1, 0.15) is 0 Å². The molecule has 0 N–H and O–H groups in total. The summed E-state index contributed by atoms with van der Waals surface area (Å²) in [7, 11) is 0. The van der Waals surface area contributed by atoms with E-state index in [9.17, 15) is 0 Å². The lowest BCUT2D eigenvalue weighted by Crippen LogP contribution is -2.26. The van der Waals surface area contributed by atoms with E-state index in [0.29, 0.717) is 32.5 Å². The Labute approximate surface area is 518 Å². The highest BCUT2D eigenvalue weighted by Gasteiger charge is 2.41. The number of hydrogen-bond acceptors (Lipinski definition) is 0. The first-order valence-corrected chi connectivity index (χ1v) is 37.3. The molecule has 4 saturated carbocycles. The van der Waals surface area contributed by atoms with Gasteiger partial charge in [0, 0.05) is 10.8 Å². The summed E-state index contributed by atoms with van der Waals surface area (Å²) < 4.78 is 0. The van der Waals surface area contributed by atoms with Crippen LogP contribution in [0.4, 0.5) is 0 Å². The molecule has 0 saturated heterocycles. The number of hydrogen-bond donors (Lipinski definition) is 0. The smallest absolute Gasteiger partial charge is 0.00640 e. The van der Waals surface area contributed by atoms with E-state index in [-0.39, 0.29) is 0 Å². The van der Waals surface area contributed by atoms with Gasteiger partial charge in [-0.2, -0.15) is 0 Å². The van der Waals surface area contributed by atoms with Crippen molar-refractivity contribution in [1.29, 1.82) is 0 Å². The van der Waals surface area contributed by atoms with Crippen molar-refractivity contribution < 1.29 is 0 Å². The third-order valence-corrected chi connectivity index (χ3v) is 24.9. The first-order valence-electron chi connectivity index (χ1n) is 37.3. The highest BCUT2D eigenvalue weighted by molar-refractivity contribution is 5.19. The second-order valence-corrected chi connectivity index (χ2v) is 33.2. The van der Waals surface area contributed by atoms with Crippen molar-refractivity contribution >= 4 is 0 Å². The average molecular weight is 1140 g/mol. The quantitative estimate of drug-likeness (QED) is 0.233. The van der Waals surface area contributed by atoms with Gasteiger partial charge in [0.25, 0.3) is 0 Å². The normalized spacial score (nSPS) is 33.2. The molecule has 0 aromatic rings. The van der Waals surface area contributed by atoms with E-state index in [4.69, 9.17) is 0 Å². The van der Waals surface area contributed by atoms with Gasteiger partial charge in [0.05, 0.1) is 0 Å². The number of rotatable bonds is 6. The van der Waals surface area contributed by atoms with Crippen molar-refractivity contribution in [3.63, 3.8) is 0 Å². The molecule has 12 aliphatic rings. The highest BCUT2D eigenvalue weighted by Crippen LogP contribution is 2.54. The van der Waals surface area contributed by atoms with Crippen LogP contribution in [0.25, 0.3) is 0 Å². The van der Waals surface area contributed by atoms with E-state index in [1.54, 1.807) is 0 Å². The molecule has 8 atom stereocenters. The summed E-state index contributed by atoms with van der Waals surface area (Å²) in [6.45, 7) is 28.3. The highest BCUT2D eigenvalue weighted by atomic mass is 14.5. The summed E-state index contributed by atoms with van der Waals surface area (Å²) in [5.41, 5.74) is 3.56. The Hall–Kier alpha value is -2.08. The molecule has 470 valence electrons. The molecule has 6 spiro atoms.